The van der Waals surface area contributed by atoms with Crippen LogP contribution in [0, 0.1) is 0 Å². The molecule has 6 nitrogen and oxygen atoms in total. The molecule has 0 spiro atoms. The maximum atomic E-state index is 12.6. The summed E-state index contributed by atoms with van der Waals surface area (Å²) in [6, 6.07) is 13.5. The largest absolute Gasteiger partial charge is 0.370 e. The number of nitrogens with two attached hydrogens (primary N) is 1. The lowest BCUT2D eigenvalue weighted by molar-refractivity contribution is -0.116. The van der Waals surface area contributed by atoms with E-state index in [0.717, 1.165) is 50.0 Å². The number of anilines is 2. The predicted molar refractivity (Wildman–Crippen MR) is 116 cm³/mol. The van der Waals surface area contributed by atoms with Crippen molar-refractivity contribution in [3.05, 3.63) is 59.8 Å². The molecule has 2 amide bonds. The zero-order chi connectivity index (χ0) is 20.2. The second-order valence-electron chi connectivity index (χ2n) is 7.55. The van der Waals surface area contributed by atoms with Crippen LogP contribution in [0.15, 0.2) is 48.7 Å². The number of aryl methyl sites for hydroxylation is 1. The molecule has 0 saturated carbocycles. The number of primary amides is 1. The van der Waals surface area contributed by atoms with E-state index < -0.39 is 5.91 Å². The number of nitrogens with zero attached hydrogens (tertiary/aromatic N) is 1. The van der Waals surface area contributed by atoms with Gasteiger partial charge in [-0.3, -0.25) is 9.59 Å². The molecule has 1 fully saturated rings. The van der Waals surface area contributed by atoms with Crippen molar-refractivity contribution in [1.82, 2.24) is 4.98 Å². The minimum atomic E-state index is -0.493. The summed E-state index contributed by atoms with van der Waals surface area (Å²) >= 11 is 0. The first kappa shape index (κ1) is 19.1. The monoisotopic (exact) mass is 390 g/mol. The van der Waals surface area contributed by atoms with Gasteiger partial charge in [0.15, 0.2) is 0 Å². The van der Waals surface area contributed by atoms with E-state index in [1.165, 1.54) is 10.9 Å². The third-order valence-corrected chi connectivity index (χ3v) is 5.53. The summed E-state index contributed by atoms with van der Waals surface area (Å²) in [7, 11) is 0. The molecule has 4 N–H and O–H groups in total. The number of aromatic nitrogens is 1. The summed E-state index contributed by atoms with van der Waals surface area (Å²) in [6.07, 6.45) is 6.29. The van der Waals surface area contributed by atoms with Crippen molar-refractivity contribution in [2.45, 2.75) is 32.1 Å². The zero-order valence-electron chi connectivity index (χ0n) is 16.4. The van der Waals surface area contributed by atoms with Gasteiger partial charge in [-0.25, -0.2) is 0 Å². The summed E-state index contributed by atoms with van der Waals surface area (Å²) in [5.74, 6) is -0.542. The van der Waals surface area contributed by atoms with Gasteiger partial charge in [-0.1, -0.05) is 18.2 Å². The van der Waals surface area contributed by atoms with E-state index in [0.29, 0.717) is 17.7 Å². The van der Waals surface area contributed by atoms with Crippen LogP contribution >= 0.6 is 0 Å². The molecule has 3 aromatic rings. The van der Waals surface area contributed by atoms with Crippen LogP contribution < -0.4 is 16.0 Å². The lowest BCUT2D eigenvalue weighted by Gasteiger charge is -2.22. The van der Waals surface area contributed by atoms with Crippen LogP contribution in [-0.2, 0) is 11.2 Å². The van der Waals surface area contributed by atoms with E-state index in [9.17, 15) is 9.59 Å². The van der Waals surface area contributed by atoms with E-state index in [1.54, 1.807) is 12.1 Å². The van der Waals surface area contributed by atoms with E-state index >= 15 is 0 Å². The summed E-state index contributed by atoms with van der Waals surface area (Å²) in [5, 5.41) is 4.21. The molecular formula is C23H26N4O2. The van der Waals surface area contributed by atoms with Gasteiger partial charge in [0.2, 0.25) is 11.8 Å². The molecule has 29 heavy (non-hydrogen) atoms. The fourth-order valence-electron chi connectivity index (χ4n) is 4.01. The lowest BCUT2D eigenvalue weighted by Crippen LogP contribution is -2.22. The number of fused-ring (bicyclic) bond motifs is 1. The number of rotatable bonds is 7. The number of para-hydroxylation sites is 1. The first-order chi connectivity index (χ1) is 14.1. The van der Waals surface area contributed by atoms with Gasteiger partial charge in [-0.05, 0) is 55.5 Å². The molecule has 1 aromatic heterocycles. The Morgan fingerprint density at radius 1 is 1.10 bits per heavy atom. The molecule has 0 bridgehead atoms. The summed E-state index contributed by atoms with van der Waals surface area (Å²) in [5.41, 5.74) is 9.80. The number of amides is 2. The minimum Gasteiger partial charge on any atom is -0.370 e. The van der Waals surface area contributed by atoms with Gasteiger partial charge in [0.1, 0.15) is 0 Å². The number of benzene rings is 2. The Bertz CT molecular complexity index is 1030. The first-order valence-electron chi connectivity index (χ1n) is 10.2. The Labute approximate surface area is 170 Å². The van der Waals surface area contributed by atoms with Crippen molar-refractivity contribution in [2.75, 3.05) is 23.3 Å². The molecule has 1 saturated heterocycles. The van der Waals surface area contributed by atoms with Crippen LogP contribution in [0.25, 0.3) is 10.9 Å². The van der Waals surface area contributed by atoms with E-state index in [4.69, 9.17) is 5.73 Å². The first-order valence-corrected chi connectivity index (χ1v) is 10.2. The standard InChI is InChI=1S/C23H26N4O2/c24-23(29)16-10-11-21(27-12-3-4-13-27)20(14-16)26-22(28)9-5-6-17-15-25-19-8-2-1-7-18(17)19/h1-2,7-8,10-11,14-15,25H,3-6,9,12-13H2,(H2,24,29)(H,26,28). The third-order valence-electron chi connectivity index (χ3n) is 5.53. The van der Waals surface area contributed by atoms with Crippen LogP contribution in [0.4, 0.5) is 11.4 Å². The molecule has 1 aliphatic heterocycles. The fraction of sp³-hybridized carbons (Fsp3) is 0.304. The zero-order valence-corrected chi connectivity index (χ0v) is 16.4. The quantitative estimate of drug-likeness (QED) is 0.573. The van der Waals surface area contributed by atoms with Gasteiger partial charge in [-0.15, -0.1) is 0 Å². The van der Waals surface area contributed by atoms with E-state index in [-0.39, 0.29) is 5.91 Å². The predicted octanol–water partition coefficient (Wildman–Crippen LogP) is 3.83. The Hall–Kier alpha value is -3.28. The smallest absolute Gasteiger partial charge is 0.248 e. The molecule has 0 aliphatic carbocycles. The van der Waals surface area contributed by atoms with Gasteiger partial charge in [0.25, 0.3) is 0 Å². The van der Waals surface area contributed by atoms with Crippen molar-refractivity contribution in [3.8, 4) is 0 Å². The molecule has 150 valence electrons. The van der Waals surface area contributed by atoms with E-state index in [2.05, 4.69) is 27.3 Å². The van der Waals surface area contributed by atoms with Crippen molar-refractivity contribution < 1.29 is 9.59 Å². The molecule has 4 rings (SSSR count). The Morgan fingerprint density at radius 2 is 1.90 bits per heavy atom. The molecule has 2 heterocycles. The Balaban J connectivity index is 1.41. The highest BCUT2D eigenvalue weighted by Crippen LogP contribution is 2.30. The van der Waals surface area contributed by atoms with Gasteiger partial charge in [0.05, 0.1) is 11.4 Å². The normalized spacial score (nSPS) is 13.7. The number of carbonyl (C=O) groups is 2. The van der Waals surface area contributed by atoms with Crippen molar-refractivity contribution in [1.29, 1.82) is 0 Å². The van der Waals surface area contributed by atoms with Gasteiger partial charge in [-0.2, -0.15) is 0 Å². The average molecular weight is 390 g/mol. The molecule has 0 unspecified atom stereocenters. The summed E-state index contributed by atoms with van der Waals surface area (Å²) in [6.45, 7) is 1.92. The van der Waals surface area contributed by atoms with Gasteiger partial charge >= 0.3 is 0 Å². The van der Waals surface area contributed by atoms with E-state index in [1.807, 2.05) is 24.4 Å². The molecule has 0 atom stereocenters. The van der Waals surface area contributed by atoms with Crippen LogP contribution in [0.1, 0.15) is 41.6 Å². The molecule has 6 heteroatoms. The number of H-pyrrole nitrogens is 1. The van der Waals surface area contributed by atoms with Crippen LogP contribution in [0.3, 0.4) is 0 Å². The average Bonchev–Trinajstić information content (AvgIpc) is 3.38. The third kappa shape index (κ3) is 4.26. The van der Waals surface area contributed by atoms with Crippen LogP contribution in [-0.4, -0.2) is 29.9 Å². The highest BCUT2D eigenvalue weighted by molar-refractivity contribution is 5.99. The number of hydrogen-bond donors (Lipinski definition) is 3. The van der Waals surface area contributed by atoms with Crippen molar-refractivity contribution in [3.63, 3.8) is 0 Å². The highest BCUT2D eigenvalue weighted by atomic mass is 16.2. The second kappa shape index (κ2) is 8.39. The fourth-order valence-corrected chi connectivity index (χ4v) is 4.01. The van der Waals surface area contributed by atoms with Gasteiger partial charge < -0.3 is 20.9 Å². The SMILES string of the molecule is NC(=O)c1ccc(N2CCCC2)c(NC(=O)CCCc2c[nH]c3ccccc23)c1. The molecule has 1 aliphatic rings. The highest BCUT2D eigenvalue weighted by Gasteiger charge is 2.18. The maximum absolute atomic E-state index is 12.6. The lowest BCUT2D eigenvalue weighted by atomic mass is 10.1. The Morgan fingerprint density at radius 3 is 2.69 bits per heavy atom. The number of hydrogen-bond acceptors (Lipinski definition) is 3. The van der Waals surface area contributed by atoms with Crippen molar-refractivity contribution in [2.24, 2.45) is 5.73 Å². The van der Waals surface area contributed by atoms with Gasteiger partial charge in [0, 0.05) is 42.2 Å². The number of nitrogens with one attached hydrogen (secondary N) is 2. The number of aromatic amines is 1. The minimum absolute atomic E-state index is 0.0492. The Kier molecular flexibility index (Phi) is 5.51. The summed E-state index contributed by atoms with van der Waals surface area (Å²) < 4.78 is 0. The van der Waals surface area contributed by atoms with Crippen molar-refractivity contribution >= 4 is 34.1 Å². The number of carbonyl (C=O) groups excluding carboxylic acids is 2. The molecular weight excluding hydrogens is 364 g/mol. The maximum Gasteiger partial charge on any atom is 0.248 e. The van der Waals surface area contributed by atoms with Crippen LogP contribution in [0.5, 0.6) is 0 Å². The van der Waals surface area contributed by atoms with Crippen LogP contribution in [0.2, 0.25) is 0 Å². The summed E-state index contributed by atoms with van der Waals surface area (Å²) in [4.78, 5) is 29.7. The topological polar surface area (TPSA) is 91.2 Å². The second-order valence-corrected chi connectivity index (χ2v) is 7.55. The molecule has 2 aromatic carbocycles. The molecule has 0 radical (unpaired) electrons.